The van der Waals surface area contributed by atoms with Gasteiger partial charge in [0, 0.05) is 5.02 Å². The Morgan fingerprint density at radius 3 is 2.69 bits per heavy atom. The molecule has 0 amide bonds. The summed E-state index contributed by atoms with van der Waals surface area (Å²) < 4.78 is 11.4. The summed E-state index contributed by atoms with van der Waals surface area (Å²) >= 11 is 7.13. The van der Waals surface area contributed by atoms with Gasteiger partial charge in [-0.1, -0.05) is 29.8 Å². The van der Waals surface area contributed by atoms with Crippen molar-refractivity contribution < 1.29 is 19.4 Å². The Kier molecular flexibility index (Phi) is 5.44. The van der Waals surface area contributed by atoms with E-state index in [1.165, 1.54) is 0 Å². The van der Waals surface area contributed by atoms with Crippen molar-refractivity contribution in [1.82, 2.24) is 4.98 Å². The fourth-order valence-electron chi connectivity index (χ4n) is 2.49. The third-order valence-electron chi connectivity index (χ3n) is 3.69. The lowest BCUT2D eigenvalue weighted by atomic mass is 10.2. The van der Waals surface area contributed by atoms with E-state index < -0.39 is 5.97 Å². The molecule has 0 aliphatic rings. The van der Waals surface area contributed by atoms with E-state index >= 15 is 0 Å². The number of aryl methyl sites for hydroxylation is 1. The molecule has 1 heterocycles. The zero-order chi connectivity index (χ0) is 18.7. The van der Waals surface area contributed by atoms with Gasteiger partial charge in [-0.2, -0.15) is 0 Å². The maximum Gasteiger partial charge on any atom is 0.347 e. The van der Waals surface area contributed by atoms with Gasteiger partial charge in [-0.3, -0.25) is 0 Å². The maximum absolute atomic E-state index is 11.3. The minimum absolute atomic E-state index is 0.212. The molecule has 1 aromatic heterocycles. The van der Waals surface area contributed by atoms with Gasteiger partial charge in [0.2, 0.25) is 0 Å². The van der Waals surface area contributed by atoms with Crippen molar-refractivity contribution in [2.24, 2.45) is 0 Å². The number of hydrogen-bond donors (Lipinski definition) is 1. The molecule has 0 aliphatic carbocycles. The molecule has 0 spiro atoms. The Morgan fingerprint density at radius 1 is 1.27 bits per heavy atom. The van der Waals surface area contributed by atoms with Crippen LogP contribution in [-0.2, 0) is 6.61 Å². The van der Waals surface area contributed by atoms with Crippen molar-refractivity contribution in [2.75, 3.05) is 7.11 Å². The second kappa shape index (κ2) is 7.76. The van der Waals surface area contributed by atoms with E-state index in [0.717, 1.165) is 16.9 Å². The SMILES string of the molecule is COc1cccc(-c2nc(C)c(C(=O)O)s2)c1OCc1cccc(Cl)c1. The van der Waals surface area contributed by atoms with E-state index in [-0.39, 0.29) is 4.88 Å². The molecule has 0 bridgehead atoms. The van der Waals surface area contributed by atoms with E-state index in [0.29, 0.717) is 39.4 Å². The van der Waals surface area contributed by atoms with Gasteiger partial charge < -0.3 is 14.6 Å². The van der Waals surface area contributed by atoms with E-state index in [9.17, 15) is 9.90 Å². The first-order chi connectivity index (χ1) is 12.5. The summed E-state index contributed by atoms with van der Waals surface area (Å²) in [6.45, 7) is 1.97. The summed E-state index contributed by atoms with van der Waals surface area (Å²) in [7, 11) is 1.56. The van der Waals surface area contributed by atoms with Crippen LogP contribution in [0, 0.1) is 6.92 Å². The molecular formula is C19H16ClNO4S. The Morgan fingerprint density at radius 2 is 2.04 bits per heavy atom. The smallest absolute Gasteiger partial charge is 0.347 e. The topological polar surface area (TPSA) is 68.7 Å². The fraction of sp³-hybridized carbons (Fsp3) is 0.158. The normalized spacial score (nSPS) is 10.6. The highest BCUT2D eigenvalue weighted by molar-refractivity contribution is 7.17. The van der Waals surface area contributed by atoms with Crippen molar-refractivity contribution in [3.05, 3.63) is 63.6 Å². The lowest BCUT2D eigenvalue weighted by Gasteiger charge is -2.14. The maximum atomic E-state index is 11.3. The van der Waals surface area contributed by atoms with Crippen LogP contribution in [0.1, 0.15) is 20.9 Å². The molecule has 2 aromatic carbocycles. The van der Waals surface area contributed by atoms with E-state index in [1.54, 1.807) is 26.2 Å². The molecule has 0 atom stereocenters. The molecule has 3 rings (SSSR count). The average molecular weight is 390 g/mol. The van der Waals surface area contributed by atoms with E-state index in [2.05, 4.69) is 4.98 Å². The zero-order valence-corrected chi connectivity index (χ0v) is 15.7. The summed E-state index contributed by atoms with van der Waals surface area (Å²) in [6.07, 6.45) is 0. The van der Waals surface area contributed by atoms with Crippen LogP contribution in [0.5, 0.6) is 11.5 Å². The van der Waals surface area contributed by atoms with Gasteiger partial charge in [0.15, 0.2) is 11.5 Å². The minimum atomic E-state index is -0.990. The van der Waals surface area contributed by atoms with Crippen LogP contribution in [0.2, 0.25) is 5.02 Å². The van der Waals surface area contributed by atoms with Crippen LogP contribution in [-0.4, -0.2) is 23.2 Å². The number of carboxylic acid groups (broad SMARTS) is 1. The molecular weight excluding hydrogens is 374 g/mol. The quantitative estimate of drug-likeness (QED) is 0.638. The summed E-state index contributed by atoms with van der Waals surface area (Å²) in [5.74, 6) is 0.0745. The number of aromatic nitrogens is 1. The first kappa shape index (κ1) is 18.2. The van der Waals surface area contributed by atoms with Gasteiger partial charge in [0.25, 0.3) is 0 Å². The highest BCUT2D eigenvalue weighted by Crippen LogP contribution is 2.40. The number of aromatic carboxylic acids is 1. The monoisotopic (exact) mass is 389 g/mol. The summed E-state index contributed by atoms with van der Waals surface area (Å²) in [5, 5.41) is 10.5. The Labute approximate surface area is 159 Å². The number of para-hydroxylation sites is 1. The number of nitrogens with zero attached hydrogens (tertiary/aromatic N) is 1. The molecule has 0 radical (unpaired) electrons. The fourth-order valence-corrected chi connectivity index (χ4v) is 3.63. The molecule has 0 saturated carbocycles. The third-order valence-corrected chi connectivity index (χ3v) is 5.11. The van der Waals surface area contributed by atoms with Crippen molar-refractivity contribution in [3.8, 4) is 22.1 Å². The molecule has 26 heavy (non-hydrogen) atoms. The predicted molar refractivity (Wildman–Crippen MR) is 102 cm³/mol. The number of thiazole rings is 1. The predicted octanol–water partition coefficient (Wildman–Crippen LogP) is 5.06. The standard InChI is InChI=1S/C19H16ClNO4S/c1-11-17(19(22)23)26-18(21-11)14-7-4-8-15(24-2)16(14)25-10-12-5-3-6-13(20)9-12/h3-9H,10H2,1-2H3,(H,22,23). The largest absolute Gasteiger partial charge is 0.493 e. The Bertz CT molecular complexity index is 954. The summed E-state index contributed by atoms with van der Waals surface area (Å²) in [5.41, 5.74) is 2.07. The molecule has 0 unspecified atom stereocenters. The summed E-state index contributed by atoms with van der Waals surface area (Å²) in [6, 6.07) is 12.8. The van der Waals surface area contributed by atoms with Crippen molar-refractivity contribution in [1.29, 1.82) is 0 Å². The van der Waals surface area contributed by atoms with E-state index in [1.807, 2.05) is 30.3 Å². The van der Waals surface area contributed by atoms with Gasteiger partial charge in [-0.25, -0.2) is 9.78 Å². The lowest BCUT2D eigenvalue weighted by Crippen LogP contribution is -1.99. The first-order valence-corrected chi connectivity index (χ1v) is 8.94. The second-order valence-electron chi connectivity index (χ2n) is 5.49. The number of benzene rings is 2. The number of rotatable bonds is 6. The summed E-state index contributed by atoms with van der Waals surface area (Å²) in [4.78, 5) is 15.9. The van der Waals surface area contributed by atoms with E-state index in [4.69, 9.17) is 21.1 Å². The van der Waals surface area contributed by atoms with Crippen LogP contribution in [0.25, 0.3) is 10.6 Å². The first-order valence-electron chi connectivity index (χ1n) is 7.75. The zero-order valence-electron chi connectivity index (χ0n) is 14.2. The number of ether oxygens (including phenoxy) is 2. The van der Waals surface area contributed by atoms with Gasteiger partial charge >= 0.3 is 5.97 Å². The highest BCUT2D eigenvalue weighted by Gasteiger charge is 2.20. The van der Waals surface area contributed by atoms with Crippen molar-refractivity contribution >= 4 is 28.9 Å². The Hall–Kier alpha value is -2.57. The van der Waals surface area contributed by atoms with Gasteiger partial charge in [0.05, 0.1) is 18.4 Å². The molecule has 7 heteroatoms. The van der Waals surface area contributed by atoms with Gasteiger partial charge in [-0.15, -0.1) is 11.3 Å². The average Bonchev–Trinajstić information content (AvgIpc) is 3.01. The molecule has 0 saturated heterocycles. The Balaban J connectivity index is 1.98. The number of halogens is 1. The number of carbonyl (C=O) groups is 1. The van der Waals surface area contributed by atoms with Crippen LogP contribution in [0.15, 0.2) is 42.5 Å². The number of hydrogen-bond acceptors (Lipinski definition) is 5. The third kappa shape index (κ3) is 3.81. The molecule has 0 aliphatic heterocycles. The molecule has 1 N–H and O–H groups in total. The molecule has 0 fully saturated rings. The van der Waals surface area contributed by atoms with Crippen molar-refractivity contribution in [3.63, 3.8) is 0 Å². The minimum Gasteiger partial charge on any atom is -0.493 e. The van der Waals surface area contributed by atoms with Crippen LogP contribution < -0.4 is 9.47 Å². The molecule has 134 valence electrons. The van der Waals surface area contributed by atoms with Gasteiger partial charge in [0.1, 0.15) is 16.5 Å². The molecule has 3 aromatic rings. The van der Waals surface area contributed by atoms with Crippen LogP contribution in [0.4, 0.5) is 0 Å². The molecule has 5 nitrogen and oxygen atoms in total. The highest BCUT2D eigenvalue weighted by atomic mass is 35.5. The lowest BCUT2D eigenvalue weighted by molar-refractivity contribution is 0.0701. The van der Waals surface area contributed by atoms with Gasteiger partial charge in [-0.05, 0) is 36.8 Å². The van der Waals surface area contributed by atoms with Crippen LogP contribution >= 0.6 is 22.9 Å². The number of methoxy groups -OCH3 is 1. The van der Waals surface area contributed by atoms with Crippen LogP contribution in [0.3, 0.4) is 0 Å². The number of carboxylic acids is 1. The van der Waals surface area contributed by atoms with Crippen molar-refractivity contribution in [2.45, 2.75) is 13.5 Å². The second-order valence-corrected chi connectivity index (χ2v) is 6.93.